The molecular weight excluding hydrogens is 600 g/mol. The van der Waals surface area contributed by atoms with Crippen molar-refractivity contribution in [2.24, 2.45) is 0 Å². The van der Waals surface area contributed by atoms with Gasteiger partial charge in [-0.05, 0) is 12.1 Å². The lowest BCUT2D eigenvalue weighted by atomic mass is 10.1. The molecule has 35 heavy (non-hydrogen) atoms. The van der Waals surface area contributed by atoms with E-state index in [-0.39, 0.29) is 36.6 Å². The topological polar surface area (TPSA) is 51.5 Å². The molecule has 0 fully saturated rings. The van der Waals surface area contributed by atoms with Gasteiger partial charge in [0.25, 0.3) is 5.91 Å². The summed E-state index contributed by atoms with van der Waals surface area (Å²) >= 11 is 29.7. The van der Waals surface area contributed by atoms with Crippen LogP contribution >= 0.6 is 58.0 Å². The quantitative estimate of drug-likeness (QED) is 0.180. The van der Waals surface area contributed by atoms with E-state index in [1.807, 2.05) is 0 Å². The molecule has 1 amide bonds. The normalized spacial score (nSPS) is 11.7. The van der Waals surface area contributed by atoms with Gasteiger partial charge in [0.05, 0.1) is 15.1 Å². The molecule has 0 aliphatic carbocycles. The van der Waals surface area contributed by atoms with E-state index in [0.717, 1.165) is 12.1 Å². The fourth-order valence-corrected chi connectivity index (χ4v) is 3.83. The van der Waals surface area contributed by atoms with Crippen molar-refractivity contribution < 1.29 is 44.7 Å². The van der Waals surface area contributed by atoms with E-state index in [4.69, 9.17) is 67.2 Å². The molecule has 0 saturated carbocycles. The van der Waals surface area contributed by atoms with E-state index in [1.54, 1.807) is 0 Å². The number of benzene rings is 2. The van der Waals surface area contributed by atoms with Gasteiger partial charge in [0.2, 0.25) is 0 Å². The number of rotatable bonds is 5. The molecule has 0 atom stereocenters. The Bertz CT molecular complexity index is 1290. The van der Waals surface area contributed by atoms with E-state index >= 15 is 0 Å². The molecule has 188 valence electrons. The third-order valence-corrected chi connectivity index (χ3v) is 6.44. The molecule has 3 rings (SSSR count). The highest BCUT2D eigenvalue weighted by Crippen LogP contribution is 2.48. The molecule has 0 spiro atoms. The first-order valence-corrected chi connectivity index (χ1v) is 10.5. The first-order valence-electron chi connectivity index (χ1n) is 8.64. The summed E-state index contributed by atoms with van der Waals surface area (Å²) in [6.45, 7) is -0.451. The number of carbonyl (C=O) groups is 1. The number of carbonyl (C=O) groups excluding carboxylic acids is 1. The maximum atomic E-state index is 14.0. The number of hydrogen-bond donors (Lipinski definition) is 1. The van der Waals surface area contributed by atoms with Crippen LogP contribution < -0.4 is 10.1 Å². The molecule has 0 bridgehead atoms. The fourth-order valence-electron chi connectivity index (χ4n) is 2.60. The van der Waals surface area contributed by atoms with Gasteiger partial charge in [0, 0.05) is 0 Å². The number of ether oxygens (including phenoxy) is 1. The maximum absolute atomic E-state index is 14.0. The van der Waals surface area contributed by atoms with Crippen LogP contribution in [0.5, 0.6) is 5.75 Å². The van der Waals surface area contributed by atoms with E-state index in [0.29, 0.717) is 0 Å². The molecule has 4 nitrogen and oxygen atoms in total. The number of hydrogen-bond acceptors (Lipinski definition) is 3. The molecule has 0 saturated heterocycles. The standard InChI is InChI=1S/C19H5Cl5F7NO3/c20-7-8(21)10(23)17(11(24)9(7)22)34-3-4-1-2-5(35-4)18(33)32-16-14(27)12(25)6(19(29,30)31)13(26)15(16)28/h1-2H,3H2,(H,32,33). The summed E-state index contributed by atoms with van der Waals surface area (Å²) in [5.41, 5.74) is -4.58. The van der Waals surface area contributed by atoms with Crippen LogP contribution in [0, 0.1) is 23.3 Å². The number of halogens is 12. The molecule has 0 radical (unpaired) electrons. The minimum atomic E-state index is -5.74. The van der Waals surface area contributed by atoms with E-state index in [9.17, 15) is 35.5 Å². The summed E-state index contributed by atoms with van der Waals surface area (Å²) < 4.78 is 104. The number of anilines is 1. The van der Waals surface area contributed by atoms with Crippen LogP contribution in [-0.2, 0) is 12.8 Å². The Labute approximate surface area is 215 Å². The SMILES string of the molecule is O=C(Nc1c(F)c(F)c(C(F)(F)F)c(F)c1F)c1ccc(COc2c(Cl)c(Cl)c(Cl)c(Cl)c2Cl)o1. The minimum Gasteiger partial charge on any atom is -0.482 e. The zero-order valence-electron chi connectivity index (χ0n) is 16.1. The lowest BCUT2D eigenvalue weighted by molar-refractivity contribution is -0.143. The minimum absolute atomic E-state index is 0.102. The van der Waals surface area contributed by atoms with Gasteiger partial charge in [-0.1, -0.05) is 58.0 Å². The van der Waals surface area contributed by atoms with Crippen molar-refractivity contribution in [1.29, 1.82) is 0 Å². The van der Waals surface area contributed by atoms with Crippen LogP contribution in [0.2, 0.25) is 25.1 Å². The van der Waals surface area contributed by atoms with Crippen LogP contribution in [0.25, 0.3) is 0 Å². The van der Waals surface area contributed by atoms with Gasteiger partial charge in [-0.25, -0.2) is 17.6 Å². The zero-order valence-corrected chi connectivity index (χ0v) is 19.9. The smallest absolute Gasteiger partial charge is 0.422 e. The Hall–Kier alpha value is -2.05. The first-order chi connectivity index (χ1) is 16.2. The monoisotopic (exact) mass is 603 g/mol. The van der Waals surface area contributed by atoms with Gasteiger partial charge in [-0.3, -0.25) is 4.79 Å². The van der Waals surface area contributed by atoms with Crippen LogP contribution in [0.4, 0.5) is 36.4 Å². The fraction of sp³-hybridized carbons (Fsp3) is 0.105. The second-order valence-corrected chi connectivity index (χ2v) is 8.30. The number of amides is 1. The summed E-state index contributed by atoms with van der Waals surface area (Å²) in [7, 11) is 0. The summed E-state index contributed by atoms with van der Waals surface area (Å²) in [4.78, 5) is 12.2. The molecule has 3 aromatic rings. The van der Waals surface area contributed by atoms with Crippen LogP contribution in [0.3, 0.4) is 0 Å². The molecule has 1 N–H and O–H groups in total. The van der Waals surface area contributed by atoms with Gasteiger partial charge in [-0.2, -0.15) is 13.2 Å². The predicted molar refractivity (Wildman–Crippen MR) is 114 cm³/mol. The maximum Gasteiger partial charge on any atom is 0.422 e. The van der Waals surface area contributed by atoms with Gasteiger partial charge in [-0.15, -0.1) is 0 Å². The van der Waals surface area contributed by atoms with Crippen molar-refractivity contribution in [3.05, 3.63) is 77.6 Å². The van der Waals surface area contributed by atoms with Gasteiger partial charge < -0.3 is 14.5 Å². The average Bonchev–Trinajstić information content (AvgIpc) is 3.26. The Morgan fingerprint density at radius 2 is 1.31 bits per heavy atom. The molecular formula is C19H5Cl5F7NO3. The van der Waals surface area contributed by atoms with Crippen molar-refractivity contribution in [1.82, 2.24) is 0 Å². The molecule has 1 aromatic heterocycles. The molecule has 0 aliphatic rings. The van der Waals surface area contributed by atoms with E-state index < -0.39 is 59.0 Å². The third kappa shape index (κ3) is 5.24. The van der Waals surface area contributed by atoms with Gasteiger partial charge in [0.15, 0.2) is 34.8 Å². The number of nitrogens with one attached hydrogen (secondary N) is 1. The molecule has 1 heterocycles. The van der Waals surface area contributed by atoms with Crippen LogP contribution in [-0.4, -0.2) is 5.91 Å². The number of furan rings is 1. The molecule has 0 aliphatic heterocycles. The Kier molecular flexibility index (Phi) is 7.97. The summed E-state index contributed by atoms with van der Waals surface area (Å²) in [6, 6.07) is 2.11. The predicted octanol–water partition coefficient (Wildman–Crippen LogP) is 8.95. The second kappa shape index (κ2) is 10.1. The summed E-state index contributed by atoms with van der Waals surface area (Å²) in [5.74, 6) is -12.8. The van der Waals surface area contributed by atoms with E-state index in [2.05, 4.69) is 0 Å². The van der Waals surface area contributed by atoms with Gasteiger partial charge in [0.1, 0.15) is 33.7 Å². The average molecular weight is 606 g/mol. The van der Waals surface area contributed by atoms with Crippen LogP contribution in [0.15, 0.2) is 16.5 Å². The van der Waals surface area contributed by atoms with Crippen LogP contribution in [0.1, 0.15) is 21.9 Å². The Morgan fingerprint density at radius 1 is 0.829 bits per heavy atom. The Morgan fingerprint density at radius 3 is 1.80 bits per heavy atom. The summed E-state index contributed by atoms with van der Waals surface area (Å²) in [5, 5.41) is 0.543. The van der Waals surface area contributed by atoms with Crippen molar-refractivity contribution >= 4 is 69.6 Å². The molecule has 16 heteroatoms. The first kappa shape index (κ1) is 27.5. The lowest BCUT2D eigenvalue weighted by Crippen LogP contribution is -2.20. The largest absolute Gasteiger partial charge is 0.482 e. The zero-order chi connectivity index (χ0) is 26.4. The second-order valence-electron chi connectivity index (χ2n) is 6.41. The molecule has 0 unspecified atom stereocenters. The number of alkyl halides is 3. The Balaban J connectivity index is 1.82. The lowest BCUT2D eigenvalue weighted by Gasteiger charge is -2.14. The third-order valence-electron chi connectivity index (χ3n) is 4.20. The van der Waals surface area contributed by atoms with Crippen molar-refractivity contribution in [2.45, 2.75) is 12.8 Å². The highest BCUT2D eigenvalue weighted by atomic mass is 35.5. The molecule has 2 aromatic carbocycles. The van der Waals surface area contributed by atoms with E-state index in [1.165, 1.54) is 5.32 Å². The van der Waals surface area contributed by atoms with Crippen molar-refractivity contribution in [3.63, 3.8) is 0 Å². The van der Waals surface area contributed by atoms with Crippen molar-refractivity contribution in [3.8, 4) is 5.75 Å². The highest BCUT2D eigenvalue weighted by molar-refractivity contribution is 6.55. The van der Waals surface area contributed by atoms with Gasteiger partial charge >= 0.3 is 6.18 Å². The highest BCUT2D eigenvalue weighted by Gasteiger charge is 2.42. The van der Waals surface area contributed by atoms with Crippen molar-refractivity contribution in [2.75, 3.05) is 5.32 Å². The summed E-state index contributed by atoms with van der Waals surface area (Å²) in [6.07, 6.45) is -5.74.